The van der Waals surface area contributed by atoms with E-state index < -0.39 is 11.9 Å². The van der Waals surface area contributed by atoms with Crippen molar-refractivity contribution in [3.63, 3.8) is 0 Å². The van der Waals surface area contributed by atoms with E-state index in [1.165, 1.54) is 22.5 Å². The number of aromatic nitrogens is 2. The molecule has 1 unspecified atom stereocenters. The van der Waals surface area contributed by atoms with Crippen molar-refractivity contribution in [3.05, 3.63) is 53.5 Å². The number of carbonyl (C=O) groups is 3. The molecule has 1 saturated heterocycles. The molecule has 0 aromatic carbocycles. The van der Waals surface area contributed by atoms with E-state index in [1.54, 1.807) is 31.5 Å². The van der Waals surface area contributed by atoms with E-state index in [0.29, 0.717) is 31.4 Å². The van der Waals surface area contributed by atoms with Gasteiger partial charge in [0, 0.05) is 44.0 Å². The monoisotopic (exact) mass is 479 g/mol. The SMILES string of the molecule is CCOC(=O)[C@H](CN(C(C)=O)N1CCC(CCc2ccc3c(n2)NCCC3)C1=O)c1cccnc1. The van der Waals surface area contributed by atoms with E-state index in [-0.39, 0.29) is 30.9 Å². The van der Waals surface area contributed by atoms with Crippen LogP contribution in [0.15, 0.2) is 36.7 Å². The highest BCUT2D eigenvalue weighted by Gasteiger charge is 2.38. The van der Waals surface area contributed by atoms with Gasteiger partial charge in [-0.15, -0.1) is 0 Å². The van der Waals surface area contributed by atoms with Gasteiger partial charge in [-0.25, -0.2) is 4.98 Å². The van der Waals surface area contributed by atoms with Crippen LogP contribution in [0.25, 0.3) is 0 Å². The third-order valence-corrected chi connectivity index (χ3v) is 6.66. The molecule has 4 rings (SSSR count). The first-order valence-corrected chi connectivity index (χ1v) is 12.4. The number of rotatable bonds is 9. The van der Waals surface area contributed by atoms with E-state index in [0.717, 1.165) is 30.9 Å². The van der Waals surface area contributed by atoms with Gasteiger partial charge < -0.3 is 10.1 Å². The summed E-state index contributed by atoms with van der Waals surface area (Å²) in [5, 5.41) is 6.24. The molecule has 0 saturated carbocycles. The molecule has 0 spiro atoms. The number of nitrogens with zero attached hydrogens (tertiary/aromatic N) is 4. The summed E-state index contributed by atoms with van der Waals surface area (Å²) in [6.07, 6.45) is 7.38. The number of carbonyl (C=O) groups excluding carboxylic acids is 3. The fraction of sp³-hybridized carbons (Fsp3) is 0.500. The van der Waals surface area contributed by atoms with Crippen LogP contribution in [0.1, 0.15) is 55.8 Å². The third-order valence-electron chi connectivity index (χ3n) is 6.66. The first-order valence-electron chi connectivity index (χ1n) is 12.4. The Morgan fingerprint density at radius 1 is 1.31 bits per heavy atom. The maximum absolute atomic E-state index is 13.3. The van der Waals surface area contributed by atoms with Gasteiger partial charge in [0.05, 0.1) is 13.2 Å². The summed E-state index contributed by atoms with van der Waals surface area (Å²) < 4.78 is 5.26. The molecule has 2 aromatic rings. The van der Waals surface area contributed by atoms with Gasteiger partial charge >= 0.3 is 5.97 Å². The van der Waals surface area contributed by atoms with Gasteiger partial charge in [-0.05, 0) is 62.3 Å². The lowest BCUT2D eigenvalue weighted by Gasteiger charge is -2.33. The Bertz CT molecular complexity index is 1060. The number of pyridine rings is 2. The highest BCUT2D eigenvalue weighted by Crippen LogP contribution is 2.28. The van der Waals surface area contributed by atoms with E-state index in [9.17, 15) is 14.4 Å². The quantitative estimate of drug-likeness (QED) is 0.552. The standard InChI is InChI=1S/C26H33N5O4/c1-3-35-26(34)23(21-7-4-13-27-16-21)17-31(18(2)32)30-15-12-20(25(30)33)9-11-22-10-8-19-6-5-14-28-24(19)29-22/h4,7-8,10,13,16,20,23H,3,5-6,9,11-12,14-15,17H2,1-2H3,(H,28,29)/t20?,23-/m1/s1. The zero-order chi connectivity index (χ0) is 24.8. The van der Waals surface area contributed by atoms with Crippen molar-refractivity contribution in [1.82, 2.24) is 20.0 Å². The van der Waals surface area contributed by atoms with Crippen molar-refractivity contribution in [1.29, 1.82) is 0 Å². The average Bonchev–Trinajstić information content (AvgIpc) is 3.23. The van der Waals surface area contributed by atoms with E-state index >= 15 is 0 Å². The van der Waals surface area contributed by atoms with E-state index in [1.807, 2.05) is 6.07 Å². The second kappa shape index (κ2) is 11.3. The number of anilines is 1. The predicted octanol–water partition coefficient (Wildman–Crippen LogP) is 2.73. The average molecular weight is 480 g/mol. The zero-order valence-corrected chi connectivity index (χ0v) is 20.4. The minimum atomic E-state index is -0.730. The van der Waals surface area contributed by atoms with Gasteiger partial charge in [0.25, 0.3) is 0 Å². The Hall–Kier alpha value is -3.49. The van der Waals surface area contributed by atoms with Gasteiger partial charge in [0.15, 0.2) is 0 Å². The fourth-order valence-corrected chi connectivity index (χ4v) is 4.77. The van der Waals surface area contributed by atoms with Crippen molar-refractivity contribution in [2.45, 2.75) is 51.9 Å². The second-order valence-electron chi connectivity index (χ2n) is 9.02. The Kier molecular flexibility index (Phi) is 7.94. The molecule has 186 valence electrons. The van der Waals surface area contributed by atoms with Crippen LogP contribution in [0.5, 0.6) is 0 Å². The summed E-state index contributed by atoms with van der Waals surface area (Å²) in [6.45, 7) is 4.78. The van der Waals surface area contributed by atoms with Crippen LogP contribution < -0.4 is 5.32 Å². The number of hydrazine groups is 1. The van der Waals surface area contributed by atoms with Crippen LogP contribution in [0.4, 0.5) is 5.82 Å². The topological polar surface area (TPSA) is 105 Å². The van der Waals surface area contributed by atoms with E-state index in [4.69, 9.17) is 9.72 Å². The van der Waals surface area contributed by atoms with Crippen LogP contribution in [0.2, 0.25) is 0 Å². The lowest BCUT2D eigenvalue weighted by atomic mass is 9.99. The number of esters is 1. The first-order chi connectivity index (χ1) is 17.0. The Balaban J connectivity index is 1.43. The molecular weight excluding hydrogens is 446 g/mol. The van der Waals surface area contributed by atoms with Gasteiger partial charge in [0.1, 0.15) is 11.7 Å². The second-order valence-corrected chi connectivity index (χ2v) is 9.02. The molecule has 2 aromatic heterocycles. The van der Waals surface area contributed by atoms with Crippen LogP contribution >= 0.6 is 0 Å². The fourth-order valence-electron chi connectivity index (χ4n) is 4.77. The first kappa shape index (κ1) is 24.6. The summed E-state index contributed by atoms with van der Waals surface area (Å²) in [5.41, 5.74) is 2.85. The van der Waals surface area contributed by atoms with Crippen LogP contribution in [0.3, 0.4) is 0 Å². The number of ether oxygens (including phenoxy) is 1. The summed E-state index contributed by atoms with van der Waals surface area (Å²) >= 11 is 0. The number of aryl methyl sites for hydroxylation is 2. The largest absolute Gasteiger partial charge is 0.465 e. The number of nitrogens with one attached hydrogen (secondary N) is 1. The van der Waals surface area contributed by atoms with Crippen molar-refractivity contribution in [3.8, 4) is 0 Å². The summed E-state index contributed by atoms with van der Waals surface area (Å²) in [5.74, 6) is -0.795. The van der Waals surface area contributed by atoms with Crippen LogP contribution in [0, 0.1) is 5.92 Å². The minimum absolute atomic E-state index is 0.0242. The number of amides is 2. The maximum Gasteiger partial charge on any atom is 0.315 e. The zero-order valence-electron chi connectivity index (χ0n) is 20.4. The molecule has 2 aliphatic heterocycles. The molecule has 0 aliphatic carbocycles. The minimum Gasteiger partial charge on any atom is -0.465 e. The van der Waals surface area contributed by atoms with Gasteiger partial charge in [0.2, 0.25) is 11.8 Å². The molecular formula is C26H33N5O4. The molecule has 4 heterocycles. The van der Waals surface area contributed by atoms with Crippen molar-refractivity contribution < 1.29 is 19.1 Å². The van der Waals surface area contributed by atoms with Gasteiger partial charge in [-0.2, -0.15) is 0 Å². The smallest absolute Gasteiger partial charge is 0.315 e. The number of hydrogen-bond donors (Lipinski definition) is 1. The molecule has 0 bridgehead atoms. The summed E-state index contributed by atoms with van der Waals surface area (Å²) in [6, 6.07) is 7.68. The van der Waals surface area contributed by atoms with E-state index in [2.05, 4.69) is 16.4 Å². The summed E-state index contributed by atoms with van der Waals surface area (Å²) in [7, 11) is 0. The molecule has 1 N–H and O–H groups in total. The molecule has 2 aliphatic rings. The lowest BCUT2D eigenvalue weighted by Crippen LogP contribution is -2.49. The molecule has 2 amide bonds. The normalized spacial score (nSPS) is 17.9. The lowest BCUT2D eigenvalue weighted by molar-refractivity contribution is -0.163. The van der Waals surface area contributed by atoms with Crippen LogP contribution in [-0.2, 0) is 32.0 Å². The Morgan fingerprint density at radius 3 is 2.91 bits per heavy atom. The maximum atomic E-state index is 13.3. The molecule has 2 atom stereocenters. The molecule has 9 heteroatoms. The van der Waals surface area contributed by atoms with Gasteiger partial charge in [-0.1, -0.05) is 12.1 Å². The molecule has 0 radical (unpaired) electrons. The molecule has 35 heavy (non-hydrogen) atoms. The highest BCUT2D eigenvalue weighted by molar-refractivity contribution is 5.85. The number of fused-ring (bicyclic) bond motifs is 1. The highest BCUT2D eigenvalue weighted by atomic mass is 16.5. The summed E-state index contributed by atoms with van der Waals surface area (Å²) in [4.78, 5) is 47.4. The van der Waals surface area contributed by atoms with Crippen molar-refractivity contribution in [2.24, 2.45) is 5.92 Å². The van der Waals surface area contributed by atoms with Crippen LogP contribution in [-0.4, -0.2) is 64.0 Å². The van der Waals surface area contributed by atoms with Crippen molar-refractivity contribution in [2.75, 3.05) is 31.6 Å². The van der Waals surface area contributed by atoms with Gasteiger partial charge in [-0.3, -0.25) is 29.4 Å². The predicted molar refractivity (Wildman–Crippen MR) is 130 cm³/mol. The van der Waals surface area contributed by atoms with Crippen molar-refractivity contribution >= 4 is 23.6 Å². The number of hydrogen-bond acceptors (Lipinski definition) is 7. The molecule has 9 nitrogen and oxygen atoms in total. The Morgan fingerprint density at radius 2 is 2.17 bits per heavy atom. The third kappa shape index (κ3) is 5.78. The molecule has 1 fully saturated rings. The Labute approximate surface area is 205 Å².